The van der Waals surface area contributed by atoms with E-state index in [1.165, 1.54) is 0 Å². The lowest BCUT2D eigenvalue weighted by molar-refractivity contribution is 0.344. The van der Waals surface area contributed by atoms with Crippen molar-refractivity contribution in [3.63, 3.8) is 0 Å². The van der Waals surface area contributed by atoms with Crippen LogP contribution in [0.1, 0.15) is 22.6 Å². The number of aromatic amines is 1. The van der Waals surface area contributed by atoms with Crippen molar-refractivity contribution in [2.75, 3.05) is 31.7 Å². The molecule has 8 heteroatoms. The first kappa shape index (κ1) is 21.5. The van der Waals surface area contributed by atoms with Gasteiger partial charge in [-0.15, -0.1) is 0 Å². The predicted molar refractivity (Wildman–Crippen MR) is 120 cm³/mol. The Morgan fingerprint density at radius 2 is 1.97 bits per heavy atom. The molecule has 0 aliphatic heterocycles. The number of nitrogens with zero attached hydrogens (tertiary/aromatic N) is 2. The number of thioether (sulfide) groups is 1. The monoisotopic (exact) mass is 432 g/mol. The van der Waals surface area contributed by atoms with Crippen LogP contribution in [0, 0.1) is 0 Å². The molecule has 29 heavy (non-hydrogen) atoms. The molecule has 3 aromatic rings. The van der Waals surface area contributed by atoms with Crippen LogP contribution in [-0.4, -0.2) is 41.3 Å². The average molecular weight is 433 g/mol. The molecule has 0 saturated carbocycles. The number of nitrogens with one attached hydrogen (secondary N) is 2. The number of furan rings is 1. The SMILES string of the molecule is CN(C)Cc1ccc(CSCCNc2ncc(Cc3ccccc3Cl)c(=O)[nH]2)o1. The number of aromatic nitrogens is 2. The van der Waals surface area contributed by atoms with Gasteiger partial charge in [-0.1, -0.05) is 29.8 Å². The fourth-order valence-electron chi connectivity index (χ4n) is 2.79. The Morgan fingerprint density at radius 3 is 2.72 bits per heavy atom. The van der Waals surface area contributed by atoms with E-state index in [0.29, 0.717) is 29.5 Å². The van der Waals surface area contributed by atoms with Crippen molar-refractivity contribution in [3.8, 4) is 0 Å². The predicted octanol–water partition coefficient (Wildman–Crippen LogP) is 4.01. The second kappa shape index (κ2) is 10.5. The zero-order valence-electron chi connectivity index (χ0n) is 16.6. The summed E-state index contributed by atoms with van der Waals surface area (Å²) >= 11 is 7.93. The van der Waals surface area contributed by atoms with Crippen LogP contribution in [0.4, 0.5) is 5.95 Å². The number of H-pyrrole nitrogens is 1. The maximum atomic E-state index is 12.3. The average Bonchev–Trinajstić information content (AvgIpc) is 3.11. The summed E-state index contributed by atoms with van der Waals surface area (Å²) in [6.07, 6.45) is 2.06. The molecule has 0 radical (unpaired) electrons. The lowest BCUT2D eigenvalue weighted by atomic mass is 10.1. The van der Waals surface area contributed by atoms with Crippen LogP contribution >= 0.6 is 23.4 Å². The third kappa shape index (κ3) is 6.66. The standard InChI is InChI=1S/C21H25ClN4O2S/c1-26(2)13-17-7-8-18(28-17)14-29-10-9-23-21-24-12-16(20(27)25-21)11-15-5-3-4-6-19(15)22/h3-8,12H,9-11,13-14H2,1-2H3,(H2,23,24,25,27). The van der Waals surface area contributed by atoms with Crippen molar-refractivity contribution < 1.29 is 4.42 Å². The second-order valence-corrected chi connectivity index (χ2v) is 8.45. The highest BCUT2D eigenvalue weighted by Gasteiger charge is 2.07. The highest BCUT2D eigenvalue weighted by Crippen LogP contribution is 2.18. The maximum Gasteiger partial charge on any atom is 0.255 e. The molecule has 154 valence electrons. The van der Waals surface area contributed by atoms with Gasteiger partial charge in [-0.05, 0) is 37.9 Å². The molecule has 0 aliphatic carbocycles. The molecule has 3 rings (SSSR count). The lowest BCUT2D eigenvalue weighted by Crippen LogP contribution is -2.18. The van der Waals surface area contributed by atoms with Gasteiger partial charge in [-0.25, -0.2) is 4.98 Å². The molecule has 2 N–H and O–H groups in total. The number of hydrogen-bond acceptors (Lipinski definition) is 6. The van der Waals surface area contributed by atoms with E-state index >= 15 is 0 Å². The fraction of sp³-hybridized carbons (Fsp3) is 0.333. The largest absolute Gasteiger partial charge is 0.464 e. The van der Waals surface area contributed by atoms with Crippen molar-refractivity contribution in [3.05, 3.63) is 80.6 Å². The molecule has 0 atom stereocenters. The first-order valence-corrected chi connectivity index (χ1v) is 10.9. The van der Waals surface area contributed by atoms with Crippen LogP contribution in [-0.2, 0) is 18.7 Å². The third-order valence-electron chi connectivity index (χ3n) is 4.18. The number of anilines is 1. The molecule has 0 aliphatic rings. The molecular formula is C21H25ClN4O2S. The van der Waals surface area contributed by atoms with E-state index in [1.54, 1.807) is 18.0 Å². The second-order valence-electron chi connectivity index (χ2n) is 6.94. The number of rotatable bonds is 10. The summed E-state index contributed by atoms with van der Waals surface area (Å²) in [4.78, 5) is 21.5. The molecule has 1 aromatic carbocycles. The molecule has 0 bridgehead atoms. The Morgan fingerprint density at radius 1 is 1.17 bits per heavy atom. The molecule has 2 heterocycles. The van der Waals surface area contributed by atoms with Gasteiger partial charge in [-0.3, -0.25) is 9.78 Å². The first-order chi connectivity index (χ1) is 14.0. The van der Waals surface area contributed by atoms with Crippen molar-refractivity contribution in [2.24, 2.45) is 0 Å². The summed E-state index contributed by atoms with van der Waals surface area (Å²) in [5.74, 6) is 4.11. The van der Waals surface area contributed by atoms with E-state index in [4.69, 9.17) is 16.0 Å². The lowest BCUT2D eigenvalue weighted by Gasteiger charge is -2.07. The Labute approximate surface area is 179 Å². The zero-order chi connectivity index (χ0) is 20.6. The van der Waals surface area contributed by atoms with E-state index in [9.17, 15) is 4.79 Å². The summed E-state index contributed by atoms with van der Waals surface area (Å²) in [7, 11) is 4.04. The molecule has 0 fully saturated rings. The van der Waals surface area contributed by atoms with Gasteiger partial charge in [0.1, 0.15) is 11.5 Å². The van der Waals surface area contributed by atoms with E-state index in [1.807, 2.05) is 50.5 Å². The Balaban J connectivity index is 1.43. The van der Waals surface area contributed by atoms with Crippen LogP contribution in [0.25, 0.3) is 0 Å². The van der Waals surface area contributed by atoms with E-state index in [2.05, 4.69) is 20.2 Å². The van der Waals surface area contributed by atoms with Crippen molar-refractivity contribution in [2.45, 2.75) is 18.7 Å². The normalized spacial score (nSPS) is 11.2. The van der Waals surface area contributed by atoms with Crippen LogP contribution in [0.2, 0.25) is 5.02 Å². The summed E-state index contributed by atoms with van der Waals surface area (Å²) in [5.41, 5.74) is 1.34. The minimum absolute atomic E-state index is 0.154. The van der Waals surface area contributed by atoms with Crippen molar-refractivity contribution in [1.29, 1.82) is 0 Å². The van der Waals surface area contributed by atoms with Gasteiger partial charge in [-0.2, -0.15) is 11.8 Å². The summed E-state index contributed by atoms with van der Waals surface area (Å²) in [5, 5.41) is 3.80. The van der Waals surface area contributed by atoms with Gasteiger partial charge in [0, 0.05) is 35.5 Å². The number of halogens is 1. The topological polar surface area (TPSA) is 74.2 Å². The highest BCUT2D eigenvalue weighted by atomic mass is 35.5. The van der Waals surface area contributed by atoms with Gasteiger partial charge in [0.2, 0.25) is 5.95 Å². The fourth-order valence-corrected chi connectivity index (χ4v) is 3.74. The molecular weight excluding hydrogens is 408 g/mol. The molecule has 6 nitrogen and oxygen atoms in total. The van der Waals surface area contributed by atoms with Gasteiger partial charge >= 0.3 is 0 Å². The molecule has 0 unspecified atom stereocenters. The van der Waals surface area contributed by atoms with Gasteiger partial charge < -0.3 is 14.6 Å². The van der Waals surface area contributed by atoms with E-state index in [0.717, 1.165) is 35.1 Å². The van der Waals surface area contributed by atoms with Gasteiger partial charge in [0.25, 0.3) is 5.56 Å². The van der Waals surface area contributed by atoms with Gasteiger partial charge in [0.05, 0.1) is 12.3 Å². The summed E-state index contributed by atoms with van der Waals surface area (Å²) in [6, 6.07) is 11.5. The Kier molecular flexibility index (Phi) is 7.80. The van der Waals surface area contributed by atoms with Crippen LogP contribution < -0.4 is 10.9 Å². The van der Waals surface area contributed by atoms with E-state index < -0.39 is 0 Å². The van der Waals surface area contributed by atoms with Crippen LogP contribution in [0.3, 0.4) is 0 Å². The smallest absolute Gasteiger partial charge is 0.255 e. The van der Waals surface area contributed by atoms with Crippen molar-refractivity contribution >= 4 is 29.3 Å². The van der Waals surface area contributed by atoms with Crippen molar-refractivity contribution in [1.82, 2.24) is 14.9 Å². The third-order valence-corrected chi connectivity index (χ3v) is 5.53. The minimum Gasteiger partial charge on any atom is -0.464 e. The highest BCUT2D eigenvalue weighted by molar-refractivity contribution is 7.98. The minimum atomic E-state index is -0.154. The Hall–Kier alpha value is -2.22. The number of benzene rings is 1. The molecule has 0 amide bonds. The quantitative estimate of drug-likeness (QED) is 0.471. The maximum absolute atomic E-state index is 12.3. The molecule has 0 spiro atoms. The Bertz CT molecular complexity index is 987. The van der Waals surface area contributed by atoms with Crippen LogP contribution in [0.5, 0.6) is 0 Å². The number of hydrogen-bond donors (Lipinski definition) is 2. The summed E-state index contributed by atoms with van der Waals surface area (Å²) in [6.45, 7) is 1.50. The molecule has 0 saturated heterocycles. The zero-order valence-corrected chi connectivity index (χ0v) is 18.1. The van der Waals surface area contributed by atoms with E-state index in [-0.39, 0.29) is 5.56 Å². The molecule has 2 aromatic heterocycles. The summed E-state index contributed by atoms with van der Waals surface area (Å²) < 4.78 is 5.79. The van der Waals surface area contributed by atoms with Crippen LogP contribution in [0.15, 0.2) is 51.8 Å². The first-order valence-electron chi connectivity index (χ1n) is 9.37. The van der Waals surface area contributed by atoms with Gasteiger partial charge in [0.15, 0.2) is 0 Å².